The first kappa shape index (κ1) is 40.9. The second kappa shape index (κ2) is 18.8. The van der Waals surface area contributed by atoms with Crippen molar-refractivity contribution in [2.24, 2.45) is 0 Å². The van der Waals surface area contributed by atoms with Crippen LogP contribution in [0.4, 0.5) is 11.6 Å². The van der Waals surface area contributed by atoms with Crippen LogP contribution in [0, 0.1) is 27.7 Å². The predicted molar refractivity (Wildman–Crippen MR) is 204 cm³/mol. The number of rotatable bonds is 8. The summed E-state index contributed by atoms with van der Waals surface area (Å²) in [6.45, 7) is 10.3. The Morgan fingerprint density at radius 2 is 1.19 bits per heavy atom. The zero-order valence-electron chi connectivity index (χ0n) is 30.5. The number of aromatic nitrogens is 8. The van der Waals surface area contributed by atoms with Crippen LogP contribution in [0.2, 0.25) is 5.15 Å². The summed E-state index contributed by atoms with van der Waals surface area (Å²) in [6.07, 6.45) is 0. The highest BCUT2D eigenvalue weighted by Gasteiger charge is 2.14. The fourth-order valence-electron chi connectivity index (χ4n) is 5.01. The first-order valence-corrected chi connectivity index (χ1v) is 16.9. The molecule has 280 valence electrons. The lowest BCUT2D eigenvalue weighted by Crippen LogP contribution is -2.29. The molecule has 0 saturated carbocycles. The van der Waals surface area contributed by atoms with Crippen LogP contribution in [0.3, 0.4) is 0 Å². The van der Waals surface area contributed by atoms with E-state index in [2.05, 4.69) is 40.8 Å². The first-order chi connectivity index (χ1) is 25.6. The van der Waals surface area contributed by atoms with Gasteiger partial charge in [0.2, 0.25) is 11.8 Å². The number of hydrogen-bond acceptors (Lipinski definition) is 12. The summed E-state index contributed by atoms with van der Waals surface area (Å²) in [4.78, 5) is 39.7. The van der Waals surface area contributed by atoms with E-state index in [9.17, 15) is 14.7 Å². The molecule has 4 aromatic heterocycles. The third kappa shape index (κ3) is 11.6. The third-order valence-electron chi connectivity index (χ3n) is 7.24. The van der Waals surface area contributed by atoms with Gasteiger partial charge in [-0.3, -0.25) is 9.59 Å². The molecule has 6 N–H and O–H groups in total. The summed E-state index contributed by atoms with van der Waals surface area (Å²) in [5.41, 5.74) is 6.82. The number of hydrogen-bond donors (Lipinski definition) is 6. The molecule has 0 unspecified atom stereocenters. The number of aliphatic hydroxyl groups is 2. The zero-order valence-corrected chi connectivity index (χ0v) is 31.2. The monoisotopic (exact) mass is 754 g/mol. The molecule has 6 aromatic rings. The van der Waals surface area contributed by atoms with E-state index in [0.717, 1.165) is 33.9 Å². The molecule has 0 aliphatic carbocycles. The Bertz CT molecular complexity index is 2240. The van der Waals surface area contributed by atoms with Crippen molar-refractivity contribution in [1.29, 1.82) is 0 Å². The fraction of sp³-hybridized carbons (Fsp3) is 0.222. The number of carbonyl (C=O) groups is 2. The van der Waals surface area contributed by atoms with E-state index >= 15 is 0 Å². The molecule has 0 radical (unpaired) electrons. The molecule has 4 heterocycles. The Morgan fingerprint density at radius 3 is 1.67 bits per heavy atom. The largest absolute Gasteiger partial charge is 0.488 e. The Balaban J connectivity index is 0.000000195. The van der Waals surface area contributed by atoms with Crippen LogP contribution in [0.1, 0.15) is 47.8 Å². The van der Waals surface area contributed by atoms with Gasteiger partial charge in [0.25, 0.3) is 11.9 Å². The van der Waals surface area contributed by atoms with Gasteiger partial charge >= 0.3 is 7.12 Å². The van der Waals surface area contributed by atoms with Crippen LogP contribution in [-0.4, -0.2) is 78.7 Å². The van der Waals surface area contributed by atoms with Crippen LogP contribution >= 0.6 is 11.6 Å². The van der Waals surface area contributed by atoms with Crippen LogP contribution in [-0.2, 0) is 22.8 Å². The van der Waals surface area contributed by atoms with E-state index in [1.165, 1.54) is 19.9 Å². The lowest BCUT2D eigenvalue weighted by molar-refractivity contribution is -0.115. The molecule has 2 aromatic carbocycles. The van der Waals surface area contributed by atoms with E-state index in [0.29, 0.717) is 40.3 Å². The molecule has 0 spiro atoms. The molecule has 16 nitrogen and oxygen atoms in total. The van der Waals surface area contributed by atoms with Crippen LogP contribution < -0.4 is 16.1 Å². The summed E-state index contributed by atoms with van der Waals surface area (Å²) in [6, 6.07) is 21.0. The summed E-state index contributed by atoms with van der Waals surface area (Å²) in [5.74, 6) is 1.02. The van der Waals surface area contributed by atoms with E-state index in [1.807, 2.05) is 64.1 Å². The third-order valence-corrected chi connectivity index (χ3v) is 7.43. The van der Waals surface area contributed by atoms with Gasteiger partial charge in [-0.1, -0.05) is 54.1 Å². The maximum absolute atomic E-state index is 11.5. The number of nitrogens with zero attached hydrogens (tertiary/aromatic N) is 8. The Morgan fingerprint density at radius 1 is 0.685 bits per heavy atom. The molecular weight excluding hydrogens is 715 g/mol. The summed E-state index contributed by atoms with van der Waals surface area (Å²) in [7, 11) is -1.46. The maximum Gasteiger partial charge on any atom is 0.488 e. The highest BCUT2D eigenvalue weighted by atomic mass is 35.5. The Labute approximate surface area is 316 Å². The quantitative estimate of drug-likeness (QED) is 0.0974. The minimum Gasteiger partial charge on any atom is -0.423 e. The maximum atomic E-state index is 11.5. The predicted octanol–water partition coefficient (Wildman–Crippen LogP) is 3.15. The molecular formula is C36H40BClN10O6. The minimum absolute atomic E-state index is 0.0538. The van der Waals surface area contributed by atoms with Crippen LogP contribution in [0.25, 0.3) is 23.2 Å². The molecule has 18 heteroatoms. The van der Waals surface area contributed by atoms with Gasteiger partial charge in [-0.2, -0.15) is 25.1 Å². The number of halogens is 1. The number of anilines is 2. The van der Waals surface area contributed by atoms with Crippen molar-refractivity contribution in [3.05, 3.63) is 112 Å². The van der Waals surface area contributed by atoms with Gasteiger partial charge < -0.3 is 30.9 Å². The summed E-state index contributed by atoms with van der Waals surface area (Å²) in [5, 5.41) is 49.6. The number of benzene rings is 2. The van der Waals surface area contributed by atoms with Gasteiger partial charge in [0.15, 0.2) is 0 Å². The van der Waals surface area contributed by atoms with E-state index < -0.39 is 7.12 Å². The number of nitrogens with one attached hydrogen (secondary N) is 2. The zero-order chi connectivity index (χ0) is 39.5. The van der Waals surface area contributed by atoms with Gasteiger partial charge in [0.1, 0.15) is 16.8 Å². The molecule has 6 rings (SSSR count). The number of aryl methyl sites for hydroxylation is 4. The van der Waals surface area contributed by atoms with Gasteiger partial charge in [0.05, 0.1) is 30.3 Å². The highest BCUT2D eigenvalue weighted by Crippen LogP contribution is 2.23. The van der Waals surface area contributed by atoms with Gasteiger partial charge in [0, 0.05) is 42.9 Å². The summed E-state index contributed by atoms with van der Waals surface area (Å²) < 4.78 is 3.21. The van der Waals surface area contributed by atoms with Gasteiger partial charge in [-0.25, -0.2) is 14.3 Å². The van der Waals surface area contributed by atoms with Crippen molar-refractivity contribution in [3.8, 4) is 23.2 Å². The SMILES string of the molecule is CC(=O)Nc1cc(-c2cccc(CO)c2)nc(-n2nc(C)cc2C)n1.CC(=O)Nc1cc(Cl)nc(-n2nc(C)cc2C)n1.OCc1cccc(B(O)O)c1. The number of amides is 2. The van der Waals surface area contributed by atoms with Crippen LogP contribution in [0.15, 0.2) is 72.8 Å². The topological polar surface area (TPSA) is 226 Å². The van der Waals surface area contributed by atoms with E-state index in [-0.39, 0.29) is 30.2 Å². The molecule has 0 aliphatic rings. The van der Waals surface area contributed by atoms with Gasteiger partial charge in [-0.15, -0.1) is 0 Å². The van der Waals surface area contributed by atoms with E-state index in [1.54, 1.807) is 39.7 Å². The molecule has 0 saturated heterocycles. The van der Waals surface area contributed by atoms with Crippen molar-refractivity contribution in [2.45, 2.75) is 54.8 Å². The van der Waals surface area contributed by atoms with Crippen molar-refractivity contribution < 1.29 is 29.9 Å². The Hall–Kier alpha value is -5.85. The second-order valence-corrected chi connectivity index (χ2v) is 12.4. The Kier molecular flexibility index (Phi) is 14.2. The average Bonchev–Trinajstić information content (AvgIpc) is 3.65. The van der Waals surface area contributed by atoms with Crippen LogP contribution in [0.5, 0.6) is 0 Å². The van der Waals surface area contributed by atoms with Crippen molar-refractivity contribution in [2.75, 3.05) is 10.6 Å². The molecule has 0 aliphatic heterocycles. The standard InChI is InChI=1S/C18H19N5O2.C11H12ClN5O.C7H9BO3/c1-11-7-12(2)23(22-11)18-20-16(9-17(21-18)19-13(3)25)15-6-4-5-14(8-15)10-24;1-6-4-7(2)17(16-6)11-14-9(12)5-10(15-11)13-8(3)18;9-5-6-2-1-3-7(4-6)8(10)11/h4-9,24H,10H2,1-3H3,(H,19,20,21,25);4-5H,1-3H3,(H,13,14,15,18);1-4,9-11H,5H2. The number of carbonyl (C=O) groups excluding carboxylic acids is 2. The molecule has 2 amide bonds. The normalized spacial score (nSPS) is 10.4. The average molecular weight is 755 g/mol. The first-order valence-electron chi connectivity index (χ1n) is 16.5. The molecule has 0 fully saturated rings. The second-order valence-electron chi connectivity index (χ2n) is 12.0. The van der Waals surface area contributed by atoms with E-state index in [4.69, 9.17) is 26.8 Å². The lowest BCUT2D eigenvalue weighted by Gasteiger charge is -2.10. The molecule has 54 heavy (non-hydrogen) atoms. The lowest BCUT2D eigenvalue weighted by atomic mass is 9.80. The smallest absolute Gasteiger partial charge is 0.423 e. The molecule has 0 bridgehead atoms. The van der Waals surface area contributed by atoms with Gasteiger partial charge in [-0.05, 0) is 62.5 Å². The fourth-order valence-corrected chi connectivity index (χ4v) is 5.19. The van der Waals surface area contributed by atoms with Crippen molar-refractivity contribution in [1.82, 2.24) is 39.5 Å². The summed E-state index contributed by atoms with van der Waals surface area (Å²) >= 11 is 5.90. The minimum atomic E-state index is -1.46. The number of aliphatic hydroxyl groups excluding tert-OH is 2. The molecule has 0 atom stereocenters. The highest BCUT2D eigenvalue weighted by molar-refractivity contribution is 6.58. The van der Waals surface area contributed by atoms with Crippen molar-refractivity contribution in [3.63, 3.8) is 0 Å². The van der Waals surface area contributed by atoms with Crippen molar-refractivity contribution >= 4 is 47.6 Å².